The molecule has 0 heterocycles. The van der Waals surface area contributed by atoms with Crippen molar-refractivity contribution in [3.8, 4) is 0 Å². The van der Waals surface area contributed by atoms with Crippen LogP contribution in [0.5, 0.6) is 0 Å². The van der Waals surface area contributed by atoms with Gasteiger partial charge in [0.2, 0.25) is 0 Å². The average Bonchev–Trinajstić information content (AvgIpc) is 1.89. The van der Waals surface area contributed by atoms with Crippen LogP contribution in [-0.4, -0.2) is 9.85 Å². The Morgan fingerprint density at radius 3 is 2.40 bits per heavy atom. The number of hydrogen-bond donors (Lipinski definition) is 0. The second kappa shape index (κ2) is 2.98. The van der Waals surface area contributed by atoms with Crippen LogP contribution in [0.2, 0.25) is 0 Å². The van der Waals surface area contributed by atoms with E-state index >= 15 is 0 Å². The van der Waals surface area contributed by atoms with Crippen molar-refractivity contribution in [3.05, 3.63) is 24.3 Å². The van der Waals surface area contributed by atoms with E-state index < -0.39 is 9.85 Å². The number of alkyl halides is 3. The molecule has 10 heavy (non-hydrogen) atoms. The molecule has 56 valence electrons. The van der Waals surface area contributed by atoms with Crippen LogP contribution in [0, 0.1) is 0 Å². The first-order valence-corrected chi connectivity index (χ1v) is 4.04. The van der Waals surface area contributed by atoms with Gasteiger partial charge >= 0.3 is 0 Å². The molecule has 0 bridgehead atoms. The topological polar surface area (TPSA) is 0 Å². The minimum absolute atomic E-state index is 0.432. The summed E-state index contributed by atoms with van der Waals surface area (Å²) < 4.78 is 23.5. The molecule has 1 rings (SSSR count). The summed E-state index contributed by atoms with van der Waals surface area (Å²) in [6.45, 7) is 0. The minimum Gasteiger partial charge on any atom is -0.209 e. The number of hydrogen-bond acceptors (Lipinski definition) is 0. The molecule has 0 amide bonds. The smallest absolute Gasteiger partial charge is 0.209 e. The molecule has 0 spiro atoms. The highest BCUT2D eigenvalue weighted by molar-refractivity contribution is 14.1. The van der Waals surface area contributed by atoms with Crippen molar-refractivity contribution in [2.45, 2.75) is 16.3 Å². The molecule has 1 atom stereocenters. The lowest BCUT2D eigenvalue weighted by atomic mass is 10.0. The number of rotatable bonds is 1. The predicted octanol–water partition coefficient (Wildman–Crippen LogP) is 2.94. The van der Waals surface area contributed by atoms with Crippen LogP contribution in [-0.2, 0) is 0 Å². The van der Waals surface area contributed by atoms with Crippen molar-refractivity contribution < 1.29 is 8.78 Å². The summed E-state index contributed by atoms with van der Waals surface area (Å²) in [6.07, 6.45) is 4.94. The van der Waals surface area contributed by atoms with E-state index in [-0.39, 0.29) is 0 Å². The molecule has 0 aromatic heterocycles. The van der Waals surface area contributed by atoms with Gasteiger partial charge in [0.05, 0.1) is 0 Å². The Balaban J connectivity index is 2.70. The van der Waals surface area contributed by atoms with Gasteiger partial charge in [-0.05, 0) is 6.42 Å². The Bertz CT molecular complexity index is 174. The summed E-state index contributed by atoms with van der Waals surface area (Å²) in [7, 11) is 0. The molecule has 3 heteroatoms. The fourth-order valence-corrected chi connectivity index (χ4v) is 1.23. The Morgan fingerprint density at radius 2 is 2.10 bits per heavy atom. The summed E-state index contributed by atoms with van der Waals surface area (Å²) in [4.78, 5) is 0. The van der Waals surface area contributed by atoms with Crippen LogP contribution >= 0.6 is 22.6 Å². The fourth-order valence-electron chi connectivity index (χ4n) is 0.773. The molecule has 0 radical (unpaired) electrons. The van der Waals surface area contributed by atoms with Crippen LogP contribution in [0.4, 0.5) is 8.78 Å². The van der Waals surface area contributed by atoms with Crippen molar-refractivity contribution in [1.82, 2.24) is 0 Å². The maximum Gasteiger partial charge on any atom is 0.256 e. The molecule has 0 saturated carbocycles. The highest BCUT2D eigenvalue weighted by Gasteiger charge is 2.33. The quantitative estimate of drug-likeness (QED) is 0.499. The van der Waals surface area contributed by atoms with E-state index in [2.05, 4.69) is 0 Å². The van der Waals surface area contributed by atoms with Crippen molar-refractivity contribution in [3.63, 3.8) is 0 Å². The summed E-state index contributed by atoms with van der Waals surface area (Å²) in [5.74, 6) is 0. The third-order valence-corrected chi connectivity index (χ3v) is 2.68. The van der Waals surface area contributed by atoms with E-state index in [0.717, 1.165) is 0 Å². The van der Waals surface area contributed by atoms with Gasteiger partial charge in [0.15, 0.2) is 0 Å². The van der Waals surface area contributed by atoms with Gasteiger partial charge in [-0.2, -0.15) is 0 Å². The summed E-state index contributed by atoms with van der Waals surface area (Å²) in [6, 6.07) is 0. The molecule has 1 aliphatic carbocycles. The number of halogens is 3. The zero-order valence-corrected chi connectivity index (χ0v) is 7.39. The summed E-state index contributed by atoms with van der Waals surface area (Å²) in [5, 5.41) is 0. The first kappa shape index (κ1) is 8.17. The van der Waals surface area contributed by atoms with Crippen LogP contribution in [0.3, 0.4) is 0 Å². The van der Waals surface area contributed by atoms with Gasteiger partial charge in [-0.3, -0.25) is 0 Å². The molecule has 0 aromatic carbocycles. The lowest BCUT2D eigenvalue weighted by Crippen LogP contribution is -2.27. The van der Waals surface area contributed by atoms with E-state index in [9.17, 15) is 8.78 Å². The minimum atomic E-state index is -2.27. The lowest BCUT2D eigenvalue weighted by Gasteiger charge is -2.22. The highest BCUT2D eigenvalue weighted by Crippen LogP contribution is 2.34. The van der Waals surface area contributed by atoms with E-state index in [4.69, 9.17) is 0 Å². The van der Waals surface area contributed by atoms with Crippen LogP contribution < -0.4 is 0 Å². The average molecular weight is 256 g/mol. The van der Waals surface area contributed by atoms with Gasteiger partial charge in [0, 0.05) is 0 Å². The third-order valence-electron chi connectivity index (χ3n) is 1.41. The van der Waals surface area contributed by atoms with Gasteiger partial charge in [-0.15, -0.1) is 0 Å². The van der Waals surface area contributed by atoms with Gasteiger partial charge in [-0.1, -0.05) is 46.9 Å². The normalized spacial score (nSPS) is 31.6. The van der Waals surface area contributed by atoms with E-state index in [1.807, 2.05) is 0 Å². The standard InChI is InChI=1S/C7H7F2I/c8-6(9)7(10)4-2-1-3-5-7/h1-4,6H,5H2. The van der Waals surface area contributed by atoms with Gasteiger partial charge in [-0.25, -0.2) is 8.78 Å². The maximum atomic E-state index is 12.2. The Kier molecular flexibility index (Phi) is 2.44. The SMILES string of the molecule is FC(F)C1(I)C=CC=CC1. The molecule has 0 saturated heterocycles. The first-order chi connectivity index (χ1) is 4.65. The second-order valence-electron chi connectivity index (χ2n) is 2.22. The summed E-state index contributed by atoms with van der Waals surface area (Å²) in [5.41, 5.74) is 0. The third kappa shape index (κ3) is 1.56. The molecule has 1 unspecified atom stereocenters. The lowest BCUT2D eigenvalue weighted by molar-refractivity contribution is 0.125. The Labute approximate surface area is 72.1 Å². The molecule has 0 nitrogen and oxygen atoms in total. The maximum absolute atomic E-state index is 12.2. The molecule has 0 N–H and O–H groups in total. The van der Waals surface area contributed by atoms with Crippen molar-refractivity contribution in [2.75, 3.05) is 0 Å². The zero-order valence-electron chi connectivity index (χ0n) is 5.23. The van der Waals surface area contributed by atoms with Crippen LogP contribution in [0.15, 0.2) is 24.3 Å². The van der Waals surface area contributed by atoms with Crippen LogP contribution in [0.1, 0.15) is 6.42 Å². The van der Waals surface area contributed by atoms with Crippen molar-refractivity contribution >= 4 is 22.6 Å². The van der Waals surface area contributed by atoms with Gasteiger partial charge in [0.25, 0.3) is 6.43 Å². The first-order valence-electron chi connectivity index (χ1n) is 2.96. The monoisotopic (exact) mass is 256 g/mol. The van der Waals surface area contributed by atoms with Crippen molar-refractivity contribution in [2.24, 2.45) is 0 Å². The van der Waals surface area contributed by atoms with E-state index in [0.29, 0.717) is 6.42 Å². The largest absolute Gasteiger partial charge is 0.256 e. The molecule has 0 aliphatic heterocycles. The van der Waals surface area contributed by atoms with Crippen LogP contribution in [0.25, 0.3) is 0 Å². The second-order valence-corrected chi connectivity index (χ2v) is 4.23. The van der Waals surface area contributed by atoms with Gasteiger partial charge in [0.1, 0.15) is 3.42 Å². The van der Waals surface area contributed by atoms with Gasteiger partial charge < -0.3 is 0 Å². The molecule has 0 aromatic rings. The summed E-state index contributed by atoms with van der Waals surface area (Å²) >= 11 is 1.79. The molecular weight excluding hydrogens is 249 g/mol. The Morgan fingerprint density at radius 1 is 1.40 bits per heavy atom. The predicted molar refractivity (Wildman–Crippen MR) is 45.7 cm³/mol. The Hall–Kier alpha value is 0.0700. The molecular formula is C7H7F2I. The molecule has 1 aliphatic rings. The fraction of sp³-hybridized carbons (Fsp3) is 0.429. The van der Waals surface area contributed by atoms with Crippen molar-refractivity contribution in [1.29, 1.82) is 0 Å². The highest BCUT2D eigenvalue weighted by atomic mass is 127. The zero-order chi connectivity index (χ0) is 7.61. The number of allylic oxidation sites excluding steroid dienone is 4. The van der Waals surface area contributed by atoms with E-state index in [1.54, 1.807) is 46.9 Å². The van der Waals surface area contributed by atoms with E-state index in [1.165, 1.54) is 0 Å². The molecule has 0 fully saturated rings.